The van der Waals surface area contributed by atoms with E-state index in [2.05, 4.69) is 28.3 Å². The minimum absolute atomic E-state index is 0.499. The summed E-state index contributed by atoms with van der Waals surface area (Å²) in [6, 6.07) is 7.93. The van der Waals surface area contributed by atoms with E-state index in [1.54, 1.807) is 7.11 Å². The molecule has 0 spiro atoms. The number of oxime groups is 1. The Hall–Kier alpha value is -1.94. The molecule has 1 aromatic heterocycles. The van der Waals surface area contributed by atoms with Crippen molar-refractivity contribution < 1.29 is 4.84 Å². The van der Waals surface area contributed by atoms with Gasteiger partial charge in [0.05, 0.1) is 17.1 Å². The van der Waals surface area contributed by atoms with Gasteiger partial charge < -0.3 is 4.84 Å². The van der Waals surface area contributed by atoms with E-state index < -0.39 is 0 Å². The summed E-state index contributed by atoms with van der Waals surface area (Å²) < 4.78 is 0. The molecule has 0 bridgehead atoms. The number of rotatable bonds is 2. The van der Waals surface area contributed by atoms with Crippen LogP contribution in [0.25, 0.3) is 11.3 Å². The van der Waals surface area contributed by atoms with E-state index in [0.29, 0.717) is 5.92 Å². The molecule has 1 heterocycles. The standard InChI is InChI=1S/C17H18ClN3O/c1-10-6-16-13(17(7-10)21-22-3)9-15(19-20-16)12-4-5-14(18)11(2)8-12/h4-5,8-10H,6-7H2,1-3H3/b21-17+/t10-/m1/s1. The molecule has 114 valence electrons. The van der Waals surface area contributed by atoms with Gasteiger partial charge in [-0.2, -0.15) is 10.2 Å². The first kappa shape index (κ1) is 15.0. The highest BCUT2D eigenvalue weighted by Crippen LogP contribution is 2.28. The lowest BCUT2D eigenvalue weighted by molar-refractivity contribution is 0.212. The third-order valence-electron chi connectivity index (χ3n) is 3.92. The molecule has 3 rings (SSSR count). The van der Waals surface area contributed by atoms with Crippen molar-refractivity contribution in [1.82, 2.24) is 10.2 Å². The molecule has 0 radical (unpaired) electrons. The van der Waals surface area contributed by atoms with Crippen LogP contribution in [0.5, 0.6) is 0 Å². The molecule has 22 heavy (non-hydrogen) atoms. The number of aromatic nitrogens is 2. The van der Waals surface area contributed by atoms with Crippen molar-refractivity contribution in [2.75, 3.05) is 7.11 Å². The topological polar surface area (TPSA) is 47.4 Å². The average Bonchev–Trinajstić information content (AvgIpc) is 2.50. The van der Waals surface area contributed by atoms with E-state index >= 15 is 0 Å². The summed E-state index contributed by atoms with van der Waals surface area (Å²) in [4.78, 5) is 4.99. The Morgan fingerprint density at radius 3 is 2.77 bits per heavy atom. The van der Waals surface area contributed by atoms with Crippen molar-refractivity contribution in [3.8, 4) is 11.3 Å². The number of hydrogen-bond acceptors (Lipinski definition) is 4. The zero-order valence-corrected chi connectivity index (χ0v) is 13.7. The van der Waals surface area contributed by atoms with Gasteiger partial charge in [-0.1, -0.05) is 29.7 Å². The lowest BCUT2D eigenvalue weighted by atomic mass is 9.86. The summed E-state index contributed by atoms with van der Waals surface area (Å²) in [5, 5.41) is 13.7. The predicted molar refractivity (Wildman–Crippen MR) is 88.2 cm³/mol. The van der Waals surface area contributed by atoms with Crippen LogP contribution < -0.4 is 0 Å². The zero-order chi connectivity index (χ0) is 15.7. The highest BCUT2D eigenvalue weighted by molar-refractivity contribution is 6.31. The third kappa shape index (κ3) is 2.83. The molecule has 1 aromatic carbocycles. The van der Waals surface area contributed by atoms with Gasteiger partial charge in [-0.3, -0.25) is 0 Å². The van der Waals surface area contributed by atoms with Crippen LogP contribution in [0, 0.1) is 12.8 Å². The second-order valence-electron chi connectivity index (χ2n) is 5.79. The summed E-state index contributed by atoms with van der Waals surface area (Å²) in [5.74, 6) is 0.499. The molecule has 1 atom stereocenters. The van der Waals surface area contributed by atoms with Crippen LogP contribution >= 0.6 is 11.6 Å². The van der Waals surface area contributed by atoms with Crippen LogP contribution in [0.2, 0.25) is 5.02 Å². The minimum atomic E-state index is 0.499. The third-order valence-corrected chi connectivity index (χ3v) is 4.34. The van der Waals surface area contributed by atoms with E-state index in [4.69, 9.17) is 16.4 Å². The SMILES string of the molecule is CO/N=C1\C[C@H](C)Cc2nnc(-c3ccc(Cl)c(C)c3)cc21. The minimum Gasteiger partial charge on any atom is -0.399 e. The molecule has 0 unspecified atom stereocenters. The van der Waals surface area contributed by atoms with Crippen molar-refractivity contribution in [1.29, 1.82) is 0 Å². The maximum absolute atomic E-state index is 6.09. The number of fused-ring (bicyclic) bond motifs is 1. The molecule has 1 aliphatic carbocycles. The van der Waals surface area contributed by atoms with Crippen molar-refractivity contribution >= 4 is 17.3 Å². The Morgan fingerprint density at radius 1 is 1.23 bits per heavy atom. The van der Waals surface area contributed by atoms with E-state index in [-0.39, 0.29) is 0 Å². The van der Waals surface area contributed by atoms with Crippen molar-refractivity contribution in [3.63, 3.8) is 0 Å². The molecule has 0 fully saturated rings. The molecule has 0 amide bonds. The monoisotopic (exact) mass is 315 g/mol. The normalized spacial score (nSPS) is 19.1. The van der Waals surface area contributed by atoms with E-state index in [9.17, 15) is 0 Å². The number of benzene rings is 1. The summed E-state index contributed by atoms with van der Waals surface area (Å²) in [7, 11) is 1.57. The van der Waals surface area contributed by atoms with E-state index in [1.165, 1.54) is 0 Å². The molecule has 0 N–H and O–H groups in total. The number of aryl methyl sites for hydroxylation is 1. The van der Waals surface area contributed by atoms with E-state index in [1.807, 2.05) is 25.1 Å². The van der Waals surface area contributed by atoms with Crippen LogP contribution in [0.4, 0.5) is 0 Å². The maximum atomic E-state index is 6.09. The molecular weight excluding hydrogens is 298 g/mol. The van der Waals surface area contributed by atoms with Gasteiger partial charge in [0.2, 0.25) is 0 Å². The van der Waals surface area contributed by atoms with Gasteiger partial charge in [-0.25, -0.2) is 0 Å². The maximum Gasteiger partial charge on any atom is 0.106 e. The highest BCUT2D eigenvalue weighted by atomic mass is 35.5. The molecule has 2 aromatic rings. The average molecular weight is 316 g/mol. The second kappa shape index (κ2) is 6.05. The van der Waals surface area contributed by atoms with Gasteiger partial charge in [-0.05, 0) is 49.4 Å². The Balaban J connectivity index is 2.07. The van der Waals surface area contributed by atoms with Gasteiger partial charge in [0.1, 0.15) is 7.11 Å². The first-order valence-corrected chi connectivity index (χ1v) is 7.69. The largest absolute Gasteiger partial charge is 0.399 e. The Labute approximate surface area is 135 Å². The molecule has 4 nitrogen and oxygen atoms in total. The van der Waals surface area contributed by atoms with Gasteiger partial charge >= 0.3 is 0 Å². The molecule has 5 heteroatoms. The summed E-state index contributed by atoms with van der Waals surface area (Å²) >= 11 is 6.09. The zero-order valence-electron chi connectivity index (χ0n) is 12.9. The van der Waals surface area contributed by atoms with E-state index in [0.717, 1.165) is 51.7 Å². The van der Waals surface area contributed by atoms with Crippen LogP contribution in [-0.4, -0.2) is 23.0 Å². The van der Waals surface area contributed by atoms with Crippen LogP contribution in [-0.2, 0) is 11.3 Å². The van der Waals surface area contributed by atoms with Gasteiger partial charge in [0.25, 0.3) is 0 Å². The lowest BCUT2D eigenvalue weighted by Crippen LogP contribution is -2.21. The molecule has 0 saturated carbocycles. The number of halogens is 1. The first-order chi connectivity index (χ1) is 10.6. The summed E-state index contributed by atoms with van der Waals surface area (Å²) in [6.45, 7) is 4.17. The van der Waals surface area contributed by atoms with Crippen molar-refractivity contribution in [3.05, 3.63) is 46.1 Å². The lowest BCUT2D eigenvalue weighted by Gasteiger charge is -2.21. The number of nitrogens with zero attached hydrogens (tertiary/aromatic N) is 3. The Morgan fingerprint density at radius 2 is 2.05 bits per heavy atom. The molecule has 0 saturated heterocycles. The van der Waals surface area contributed by atoms with Gasteiger partial charge in [-0.15, -0.1) is 0 Å². The van der Waals surface area contributed by atoms with Crippen LogP contribution in [0.3, 0.4) is 0 Å². The quantitative estimate of drug-likeness (QED) is 0.786. The van der Waals surface area contributed by atoms with Crippen molar-refractivity contribution in [2.45, 2.75) is 26.7 Å². The smallest absolute Gasteiger partial charge is 0.106 e. The Bertz CT molecular complexity index is 743. The summed E-state index contributed by atoms with van der Waals surface area (Å²) in [6.07, 6.45) is 1.82. The second-order valence-corrected chi connectivity index (χ2v) is 6.20. The van der Waals surface area contributed by atoms with Gasteiger partial charge in [0, 0.05) is 16.1 Å². The van der Waals surface area contributed by atoms with Crippen molar-refractivity contribution in [2.24, 2.45) is 11.1 Å². The summed E-state index contributed by atoms with van der Waals surface area (Å²) in [5.41, 5.74) is 5.84. The molecule has 0 aliphatic heterocycles. The number of hydrogen-bond donors (Lipinski definition) is 0. The molecular formula is C17H18ClN3O. The fraction of sp³-hybridized carbons (Fsp3) is 0.353. The van der Waals surface area contributed by atoms with Gasteiger partial charge in [0.15, 0.2) is 0 Å². The van der Waals surface area contributed by atoms with Crippen LogP contribution in [0.15, 0.2) is 29.4 Å². The fourth-order valence-electron chi connectivity index (χ4n) is 2.80. The fourth-order valence-corrected chi connectivity index (χ4v) is 2.92. The highest BCUT2D eigenvalue weighted by Gasteiger charge is 2.24. The van der Waals surface area contributed by atoms with Crippen LogP contribution in [0.1, 0.15) is 30.2 Å². The molecule has 1 aliphatic rings. The first-order valence-electron chi connectivity index (χ1n) is 7.32. The predicted octanol–water partition coefficient (Wildman–Crippen LogP) is 4.04. The Kier molecular flexibility index (Phi) is 4.12.